The normalized spacial score (nSPS) is 14.0. The molecule has 1 radical (unpaired) electrons. The molecule has 1 aliphatic heterocycles. The predicted octanol–water partition coefficient (Wildman–Crippen LogP) is 3.37. The van der Waals surface area contributed by atoms with Gasteiger partial charge in [0.05, 0.1) is 26.9 Å². The molecule has 0 bridgehead atoms. The molecular weight excluding hydrogens is 718 g/mol. The van der Waals surface area contributed by atoms with Crippen LogP contribution in [0.2, 0.25) is 0 Å². The van der Waals surface area contributed by atoms with Gasteiger partial charge in [0.1, 0.15) is 17.8 Å². The maximum absolute atomic E-state index is 12.7. The summed E-state index contributed by atoms with van der Waals surface area (Å²) >= 11 is 6.67. The first kappa shape index (κ1) is 27.4. The van der Waals surface area contributed by atoms with Crippen LogP contribution in [0.15, 0.2) is 108 Å². The number of hydrogen-bond acceptors (Lipinski definition) is 5. The van der Waals surface area contributed by atoms with Crippen LogP contribution in [-0.2, 0) is 34.8 Å². The minimum atomic E-state index is -1.08. The largest absolute Gasteiger partial charge is 0.257 e. The molecule has 0 amide bonds. The molecule has 1 unspecified atom stereocenters. The zero-order valence-electron chi connectivity index (χ0n) is 21.7. The third-order valence-electron chi connectivity index (χ3n) is 7.57. The molecule has 1 aromatic heterocycles. The Hall–Kier alpha value is -4.74. The van der Waals surface area contributed by atoms with E-state index in [9.17, 15) is 14.4 Å². The van der Waals surface area contributed by atoms with E-state index in [0.29, 0.717) is 33.0 Å². The van der Waals surface area contributed by atoms with Crippen molar-refractivity contribution >= 4 is 67.4 Å². The molecule has 0 N–H and O–H groups in total. The van der Waals surface area contributed by atoms with Gasteiger partial charge in [0, 0.05) is 42.8 Å². The van der Waals surface area contributed by atoms with Gasteiger partial charge in [0.2, 0.25) is 0 Å². The van der Waals surface area contributed by atoms with Crippen LogP contribution in [0.4, 0.5) is 0 Å². The fraction of sp³-hybridized carbons (Fsp3) is 0.0286. The molecule has 0 saturated carbocycles. The summed E-state index contributed by atoms with van der Waals surface area (Å²) in [6.07, 6.45) is 1.63. The molecule has 6 aromatic rings. The molecule has 1 aliphatic rings. The van der Waals surface area contributed by atoms with Gasteiger partial charge in [0.15, 0.2) is 5.50 Å². The quantitative estimate of drug-likeness (QED) is 0.156. The van der Waals surface area contributed by atoms with Gasteiger partial charge in [-0.1, -0.05) is 84.4 Å². The number of aromatic nitrogens is 1. The maximum Gasteiger partial charge on any atom is 0.160 e. The van der Waals surface area contributed by atoms with Gasteiger partial charge in [-0.15, -0.1) is 0 Å². The number of hydrogen-bond donors (Lipinski definition) is 0. The number of benzene rings is 5. The van der Waals surface area contributed by atoms with Gasteiger partial charge in [-0.2, -0.15) is 0 Å². The van der Waals surface area contributed by atoms with E-state index in [1.54, 1.807) is 12.3 Å². The summed E-state index contributed by atoms with van der Waals surface area (Å²) in [6, 6.07) is 29.2. The smallest absolute Gasteiger partial charge is 0.160 e. The fourth-order valence-electron chi connectivity index (χ4n) is 5.73. The van der Waals surface area contributed by atoms with Crippen molar-refractivity contribution in [3.63, 3.8) is 0 Å². The molecule has 0 fully saturated rings. The molecule has 42 heavy (non-hydrogen) atoms. The van der Waals surface area contributed by atoms with Gasteiger partial charge in [-0.3, -0.25) is 9.98 Å². The fourth-order valence-corrected chi connectivity index (χ4v) is 5.98. The Bertz CT molecular complexity index is 2480. The third-order valence-corrected chi connectivity index (χ3v) is 7.89. The second-order valence-corrected chi connectivity index (χ2v) is 10.2. The van der Waals surface area contributed by atoms with Crippen molar-refractivity contribution in [2.75, 3.05) is 0 Å². The summed E-state index contributed by atoms with van der Waals surface area (Å²) < 4.78 is 0. The molecule has 5 aromatic carbocycles. The standard InChI is InChI=1S/C35H17ClN2O3.Re/c36-35-29(19-41)30(25-12-10-21-6-2-4-8-23(21)16-25)32-28(18-40)27(17-39)31-26(13-14-37-33(31)34(32)38-35)24-11-9-20-5-1-3-7-22(20)15-24;/h1-16,35H;. The Balaban J connectivity index is 0.00000316. The van der Waals surface area contributed by atoms with E-state index in [1.807, 2.05) is 103 Å². The summed E-state index contributed by atoms with van der Waals surface area (Å²) in [5, 5.41) is 4.94. The summed E-state index contributed by atoms with van der Waals surface area (Å²) in [5.41, 5.74) is 1.86. The van der Waals surface area contributed by atoms with Crippen molar-refractivity contribution in [2.45, 2.75) is 5.50 Å². The van der Waals surface area contributed by atoms with Gasteiger partial charge in [-0.25, -0.2) is 14.4 Å². The number of pyridine rings is 1. The zero-order valence-corrected chi connectivity index (χ0v) is 25.2. The first-order chi connectivity index (χ1) is 20.1. The Labute approximate surface area is 257 Å². The molecule has 5 nitrogen and oxygen atoms in total. The summed E-state index contributed by atoms with van der Waals surface area (Å²) in [6.45, 7) is 0. The second-order valence-electron chi connectivity index (χ2n) is 9.74. The second kappa shape index (κ2) is 10.9. The average molecular weight is 735 g/mol. The number of halogens is 1. The van der Waals surface area contributed by atoms with Crippen LogP contribution in [0.1, 0.15) is 5.56 Å². The van der Waals surface area contributed by atoms with E-state index in [2.05, 4.69) is 9.98 Å². The van der Waals surface area contributed by atoms with Crippen LogP contribution < -0.4 is 21.0 Å². The van der Waals surface area contributed by atoms with E-state index < -0.39 is 5.50 Å². The Morgan fingerprint density at radius 2 is 1.26 bits per heavy atom. The van der Waals surface area contributed by atoms with Crippen molar-refractivity contribution in [1.29, 1.82) is 0 Å². The van der Waals surface area contributed by atoms with Crippen LogP contribution in [0.25, 0.3) is 49.1 Å². The Morgan fingerprint density at radius 1 is 0.667 bits per heavy atom. The van der Waals surface area contributed by atoms with E-state index in [4.69, 9.17) is 11.6 Å². The van der Waals surface area contributed by atoms with E-state index in [1.165, 1.54) is 0 Å². The third kappa shape index (κ3) is 4.20. The summed E-state index contributed by atoms with van der Waals surface area (Å²) in [5.74, 6) is 5.89. The summed E-state index contributed by atoms with van der Waals surface area (Å²) in [7, 11) is 0. The topological polar surface area (TPSA) is 76.5 Å². The van der Waals surface area contributed by atoms with E-state index in [0.717, 1.165) is 27.1 Å². The van der Waals surface area contributed by atoms with Crippen LogP contribution >= 0.6 is 11.6 Å². The number of fused-ring (bicyclic) bond motifs is 5. The predicted molar refractivity (Wildman–Crippen MR) is 160 cm³/mol. The van der Waals surface area contributed by atoms with Gasteiger partial charge in [0.25, 0.3) is 0 Å². The molecule has 2 heterocycles. The SMILES string of the molecule is O=C=C1C(c2ccc3ccccc3c2)=c2c(=C=O)c(=C=O)c3c(-c4ccc5ccccc5c4)ccnc3c2=NC1Cl.[Re]. The first-order valence-electron chi connectivity index (χ1n) is 12.8. The van der Waals surface area contributed by atoms with Crippen molar-refractivity contribution in [1.82, 2.24) is 4.98 Å². The van der Waals surface area contributed by atoms with E-state index >= 15 is 0 Å². The Morgan fingerprint density at radius 3 is 1.88 bits per heavy atom. The molecule has 0 aliphatic carbocycles. The monoisotopic (exact) mass is 735 g/mol. The Kier molecular flexibility index (Phi) is 7.13. The van der Waals surface area contributed by atoms with Crippen LogP contribution in [0.5, 0.6) is 0 Å². The molecule has 7 rings (SSSR count). The van der Waals surface area contributed by atoms with Crippen molar-refractivity contribution in [2.24, 2.45) is 4.99 Å². The minimum absolute atomic E-state index is 0. The van der Waals surface area contributed by atoms with Gasteiger partial charge >= 0.3 is 0 Å². The molecule has 7 heteroatoms. The van der Waals surface area contributed by atoms with Gasteiger partial charge in [-0.05, 0) is 56.4 Å². The van der Waals surface area contributed by atoms with Crippen molar-refractivity contribution < 1.29 is 34.8 Å². The van der Waals surface area contributed by atoms with E-state index in [-0.39, 0.29) is 41.7 Å². The molecule has 1 atom stereocenters. The van der Waals surface area contributed by atoms with Crippen molar-refractivity contribution in [3.05, 3.63) is 129 Å². The van der Waals surface area contributed by atoms with Crippen LogP contribution in [0, 0.1) is 0 Å². The van der Waals surface area contributed by atoms with Gasteiger partial charge < -0.3 is 0 Å². The number of alkyl halides is 1. The number of nitrogens with zero attached hydrogens (tertiary/aromatic N) is 2. The minimum Gasteiger partial charge on any atom is -0.257 e. The number of carbonyl (C=O) groups excluding carboxylic acids is 3. The average Bonchev–Trinajstić information content (AvgIpc) is 3.02. The number of rotatable bonds is 2. The van der Waals surface area contributed by atoms with Crippen LogP contribution in [-0.4, -0.2) is 28.3 Å². The molecule has 199 valence electrons. The van der Waals surface area contributed by atoms with Crippen molar-refractivity contribution in [3.8, 4) is 11.1 Å². The summed E-state index contributed by atoms with van der Waals surface area (Å²) in [4.78, 5) is 46.8. The molecular formula is C35H17ClN2O3Re. The zero-order chi connectivity index (χ0) is 28.1. The first-order valence-corrected chi connectivity index (χ1v) is 13.3. The van der Waals surface area contributed by atoms with Crippen LogP contribution in [0.3, 0.4) is 0 Å². The maximum atomic E-state index is 12.7. The molecule has 0 saturated heterocycles. The molecule has 0 spiro atoms.